The van der Waals surface area contributed by atoms with Crippen molar-refractivity contribution < 1.29 is 13.6 Å². The topological polar surface area (TPSA) is 60.1 Å². The lowest BCUT2D eigenvalue weighted by atomic mass is 10.0. The van der Waals surface area contributed by atoms with Gasteiger partial charge in [-0.05, 0) is 55.2 Å². The van der Waals surface area contributed by atoms with Crippen molar-refractivity contribution in [3.63, 3.8) is 0 Å². The zero-order valence-corrected chi connectivity index (χ0v) is 15.8. The Hall–Kier alpha value is -2.89. The molecule has 0 saturated heterocycles. The highest BCUT2D eigenvalue weighted by molar-refractivity contribution is 5.96. The van der Waals surface area contributed by atoms with Crippen molar-refractivity contribution in [3.05, 3.63) is 71.2 Å². The Morgan fingerprint density at radius 1 is 1.26 bits per heavy atom. The number of benzene rings is 1. The first kappa shape index (κ1) is 18.9. The fourth-order valence-corrected chi connectivity index (χ4v) is 3.09. The van der Waals surface area contributed by atoms with Gasteiger partial charge in [-0.3, -0.25) is 4.79 Å². The maximum Gasteiger partial charge on any atom is 0.255 e. The smallest absolute Gasteiger partial charge is 0.255 e. The van der Waals surface area contributed by atoms with Gasteiger partial charge in [-0.1, -0.05) is 20.8 Å². The SMILES string of the molecule is CCc1c(C(=O)NCc2ccco2)c(CC(C)C)nn1-c1ccc(F)cc1. The van der Waals surface area contributed by atoms with E-state index in [1.54, 1.807) is 29.1 Å². The molecule has 0 bridgehead atoms. The molecule has 0 aliphatic heterocycles. The number of amides is 1. The molecule has 1 amide bonds. The molecule has 0 unspecified atom stereocenters. The Morgan fingerprint density at radius 2 is 2.00 bits per heavy atom. The van der Waals surface area contributed by atoms with Crippen molar-refractivity contribution >= 4 is 5.91 Å². The van der Waals surface area contributed by atoms with Gasteiger partial charge in [-0.15, -0.1) is 0 Å². The van der Waals surface area contributed by atoms with Gasteiger partial charge in [-0.2, -0.15) is 5.10 Å². The molecule has 0 aliphatic carbocycles. The number of furan rings is 1. The lowest BCUT2D eigenvalue weighted by molar-refractivity contribution is 0.0946. The summed E-state index contributed by atoms with van der Waals surface area (Å²) in [4.78, 5) is 13.0. The van der Waals surface area contributed by atoms with Gasteiger partial charge in [0.1, 0.15) is 11.6 Å². The molecule has 2 heterocycles. The van der Waals surface area contributed by atoms with Crippen LogP contribution in [0.25, 0.3) is 5.69 Å². The number of aromatic nitrogens is 2. The van der Waals surface area contributed by atoms with Crippen molar-refractivity contribution in [1.29, 1.82) is 0 Å². The maximum absolute atomic E-state index is 13.3. The molecule has 0 fully saturated rings. The van der Waals surface area contributed by atoms with Crippen molar-refractivity contribution in [2.75, 3.05) is 0 Å². The molecule has 27 heavy (non-hydrogen) atoms. The summed E-state index contributed by atoms with van der Waals surface area (Å²) in [5.74, 6) is 0.565. The van der Waals surface area contributed by atoms with E-state index in [0.29, 0.717) is 36.6 Å². The normalized spacial score (nSPS) is 11.1. The fraction of sp³-hybridized carbons (Fsp3) is 0.333. The summed E-state index contributed by atoms with van der Waals surface area (Å²) in [6.07, 6.45) is 2.90. The zero-order valence-electron chi connectivity index (χ0n) is 15.8. The number of nitrogens with one attached hydrogen (secondary N) is 1. The molecule has 0 spiro atoms. The number of halogens is 1. The monoisotopic (exact) mass is 369 g/mol. The van der Waals surface area contributed by atoms with Crippen LogP contribution in [0.3, 0.4) is 0 Å². The van der Waals surface area contributed by atoms with Gasteiger partial charge in [0.25, 0.3) is 5.91 Å². The Kier molecular flexibility index (Phi) is 5.74. The highest BCUT2D eigenvalue weighted by atomic mass is 19.1. The Balaban J connectivity index is 1.98. The molecule has 1 N–H and O–H groups in total. The van der Waals surface area contributed by atoms with Crippen LogP contribution in [0.4, 0.5) is 4.39 Å². The lowest BCUT2D eigenvalue weighted by Gasteiger charge is -2.09. The highest BCUT2D eigenvalue weighted by Gasteiger charge is 2.24. The Morgan fingerprint density at radius 3 is 2.59 bits per heavy atom. The van der Waals surface area contributed by atoms with Crippen LogP contribution in [0.1, 0.15) is 48.3 Å². The Bertz CT molecular complexity index is 896. The van der Waals surface area contributed by atoms with Crippen LogP contribution in [-0.2, 0) is 19.4 Å². The summed E-state index contributed by atoms with van der Waals surface area (Å²) < 4.78 is 20.3. The molecule has 0 aliphatic rings. The number of rotatable bonds is 7. The van der Waals surface area contributed by atoms with E-state index >= 15 is 0 Å². The third-order valence-electron chi connectivity index (χ3n) is 4.29. The van der Waals surface area contributed by atoms with Crippen molar-refractivity contribution in [2.45, 2.75) is 40.2 Å². The minimum absolute atomic E-state index is 0.174. The fourth-order valence-electron chi connectivity index (χ4n) is 3.09. The van der Waals surface area contributed by atoms with E-state index in [4.69, 9.17) is 9.52 Å². The molecule has 0 atom stereocenters. The molecule has 1 aromatic carbocycles. The second kappa shape index (κ2) is 8.20. The maximum atomic E-state index is 13.3. The molecular formula is C21H24FN3O2. The largest absolute Gasteiger partial charge is 0.467 e. The summed E-state index contributed by atoms with van der Waals surface area (Å²) in [6, 6.07) is 9.74. The highest BCUT2D eigenvalue weighted by Crippen LogP contribution is 2.22. The first-order valence-electron chi connectivity index (χ1n) is 9.16. The number of nitrogens with zero attached hydrogens (tertiary/aromatic N) is 2. The summed E-state index contributed by atoms with van der Waals surface area (Å²) in [5, 5.41) is 7.61. The molecule has 0 saturated carbocycles. The standard InChI is InChI=1S/C21H24FN3O2/c1-4-19-20(21(26)23-13-17-6-5-11-27-17)18(12-14(2)3)24-25(19)16-9-7-15(22)8-10-16/h5-11,14H,4,12-13H2,1-3H3,(H,23,26). The van der Waals surface area contributed by atoms with Crippen LogP contribution in [0.15, 0.2) is 47.1 Å². The zero-order chi connectivity index (χ0) is 19.4. The minimum Gasteiger partial charge on any atom is -0.467 e. The van der Waals surface area contributed by atoms with Gasteiger partial charge < -0.3 is 9.73 Å². The average molecular weight is 369 g/mol. The van der Waals surface area contributed by atoms with Gasteiger partial charge in [0.05, 0.1) is 35.4 Å². The number of hydrogen-bond acceptors (Lipinski definition) is 3. The summed E-state index contributed by atoms with van der Waals surface area (Å²) in [6.45, 7) is 6.48. The van der Waals surface area contributed by atoms with E-state index in [-0.39, 0.29) is 11.7 Å². The Labute approximate surface area is 158 Å². The molecule has 5 nitrogen and oxygen atoms in total. The van der Waals surface area contributed by atoms with E-state index in [9.17, 15) is 9.18 Å². The predicted molar refractivity (Wildman–Crippen MR) is 101 cm³/mol. The van der Waals surface area contributed by atoms with Gasteiger partial charge in [0, 0.05) is 0 Å². The third kappa shape index (κ3) is 4.27. The van der Waals surface area contributed by atoms with Crippen LogP contribution in [0.5, 0.6) is 0 Å². The van der Waals surface area contributed by atoms with E-state index < -0.39 is 0 Å². The molecule has 6 heteroatoms. The number of hydrogen-bond donors (Lipinski definition) is 1. The molecule has 142 valence electrons. The van der Waals surface area contributed by atoms with Crippen LogP contribution >= 0.6 is 0 Å². The van der Waals surface area contributed by atoms with E-state index in [2.05, 4.69) is 19.2 Å². The lowest BCUT2D eigenvalue weighted by Crippen LogP contribution is -2.25. The quantitative estimate of drug-likeness (QED) is 0.676. The number of carbonyl (C=O) groups excluding carboxylic acids is 1. The molecule has 2 aromatic heterocycles. The van der Waals surface area contributed by atoms with Crippen molar-refractivity contribution in [1.82, 2.24) is 15.1 Å². The van der Waals surface area contributed by atoms with Gasteiger partial charge in [0.15, 0.2) is 0 Å². The predicted octanol–water partition coefficient (Wildman–Crippen LogP) is 4.30. The molecule has 3 rings (SSSR count). The number of carbonyl (C=O) groups is 1. The summed E-state index contributed by atoms with van der Waals surface area (Å²) >= 11 is 0. The molecule has 0 radical (unpaired) electrons. The van der Waals surface area contributed by atoms with Gasteiger partial charge in [-0.25, -0.2) is 9.07 Å². The first-order valence-corrected chi connectivity index (χ1v) is 9.16. The minimum atomic E-state index is -0.303. The summed E-state index contributed by atoms with van der Waals surface area (Å²) in [7, 11) is 0. The van der Waals surface area contributed by atoms with E-state index in [1.807, 2.05) is 13.0 Å². The van der Waals surface area contributed by atoms with Gasteiger partial charge >= 0.3 is 0 Å². The second-order valence-electron chi connectivity index (χ2n) is 6.87. The van der Waals surface area contributed by atoms with E-state index in [1.165, 1.54) is 12.1 Å². The van der Waals surface area contributed by atoms with Gasteiger partial charge in [0.2, 0.25) is 0 Å². The van der Waals surface area contributed by atoms with Crippen LogP contribution < -0.4 is 5.32 Å². The van der Waals surface area contributed by atoms with Crippen LogP contribution in [-0.4, -0.2) is 15.7 Å². The molecule has 3 aromatic rings. The van der Waals surface area contributed by atoms with Crippen LogP contribution in [0, 0.1) is 11.7 Å². The van der Waals surface area contributed by atoms with Crippen molar-refractivity contribution in [3.8, 4) is 5.69 Å². The van der Waals surface area contributed by atoms with E-state index in [0.717, 1.165) is 17.1 Å². The summed E-state index contributed by atoms with van der Waals surface area (Å²) in [5.41, 5.74) is 2.91. The second-order valence-corrected chi connectivity index (χ2v) is 6.87. The average Bonchev–Trinajstić information content (AvgIpc) is 3.27. The first-order chi connectivity index (χ1) is 13.0. The van der Waals surface area contributed by atoms with Crippen LogP contribution in [0.2, 0.25) is 0 Å². The van der Waals surface area contributed by atoms with Crippen molar-refractivity contribution in [2.24, 2.45) is 5.92 Å². The molecular weight excluding hydrogens is 345 g/mol. The third-order valence-corrected chi connectivity index (χ3v) is 4.29.